The van der Waals surface area contributed by atoms with Gasteiger partial charge in [0.2, 0.25) is 0 Å². The maximum atomic E-state index is 11.6. The van der Waals surface area contributed by atoms with E-state index >= 15 is 0 Å². The van der Waals surface area contributed by atoms with Crippen molar-refractivity contribution in [3.05, 3.63) is 0 Å². The van der Waals surface area contributed by atoms with Crippen molar-refractivity contribution in [2.24, 2.45) is 46.2 Å². The van der Waals surface area contributed by atoms with Crippen molar-refractivity contribution in [2.75, 3.05) is 0 Å². The molecule has 1 spiro atoms. The van der Waals surface area contributed by atoms with Crippen molar-refractivity contribution >= 4 is 5.78 Å². The van der Waals surface area contributed by atoms with Gasteiger partial charge in [-0.05, 0) is 105 Å². The van der Waals surface area contributed by atoms with Crippen LogP contribution in [-0.4, -0.2) is 23.4 Å². The Labute approximate surface area is 172 Å². The average molecular weight is 387 g/mol. The van der Waals surface area contributed by atoms with E-state index in [1.165, 1.54) is 51.4 Å². The molecule has 5 aliphatic rings. The molecule has 158 valence electrons. The van der Waals surface area contributed by atoms with Crippen LogP contribution < -0.4 is 11.1 Å². The fourth-order valence-electron chi connectivity index (χ4n) is 9.64. The second-order valence-electron chi connectivity index (χ2n) is 12.1. The van der Waals surface area contributed by atoms with Crippen molar-refractivity contribution in [3.63, 3.8) is 0 Å². The SMILES string of the molecule is CC(=O)CC[C@@H](C)[C@H]1CC[C@]23N[C@H]4C[C@@H]5C[C@H](N)CC[C@]5(C)[C@@H](CC[C@]12C)[C@@H]43. The molecular weight excluding hydrogens is 344 g/mol. The van der Waals surface area contributed by atoms with Gasteiger partial charge in [-0.2, -0.15) is 0 Å². The zero-order chi connectivity index (χ0) is 19.9. The van der Waals surface area contributed by atoms with E-state index in [1.807, 2.05) is 0 Å². The molecule has 0 amide bonds. The molecule has 3 nitrogen and oxygen atoms in total. The third kappa shape index (κ3) is 2.38. The number of hydrogen-bond acceptors (Lipinski definition) is 3. The molecule has 0 aromatic heterocycles. The van der Waals surface area contributed by atoms with E-state index in [0.29, 0.717) is 34.1 Å². The molecule has 0 unspecified atom stereocenters. The highest BCUT2D eigenvalue weighted by molar-refractivity contribution is 5.75. The zero-order valence-corrected chi connectivity index (χ0v) is 18.6. The summed E-state index contributed by atoms with van der Waals surface area (Å²) in [6.07, 6.45) is 12.6. The van der Waals surface area contributed by atoms with E-state index in [4.69, 9.17) is 5.73 Å². The van der Waals surface area contributed by atoms with Gasteiger partial charge in [0.25, 0.3) is 0 Å². The normalized spacial score (nSPS) is 55.5. The summed E-state index contributed by atoms with van der Waals surface area (Å²) in [5.41, 5.74) is 7.74. The van der Waals surface area contributed by atoms with Crippen LogP contribution in [0.15, 0.2) is 0 Å². The number of Topliss-reactive ketones (excluding diaryl/α,β-unsaturated/α-hetero) is 1. The lowest BCUT2D eigenvalue weighted by Gasteiger charge is -2.74. The minimum atomic E-state index is 0.358. The molecule has 4 saturated carbocycles. The fraction of sp³-hybridized carbons (Fsp3) is 0.960. The number of ketones is 1. The van der Waals surface area contributed by atoms with Gasteiger partial charge in [0.15, 0.2) is 0 Å². The third-order valence-corrected chi connectivity index (χ3v) is 11.1. The molecule has 3 heteroatoms. The van der Waals surface area contributed by atoms with Crippen molar-refractivity contribution in [1.82, 2.24) is 5.32 Å². The zero-order valence-electron chi connectivity index (χ0n) is 18.6. The van der Waals surface area contributed by atoms with Gasteiger partial charge in [0, 0.05) is 24.0 Å². The molecule has 28 heavy (non-hydrogen) atoms. The first-order valence-corrected chi connectivity index (χ1v) is 12.2. The Morgan fingerprint density at radius 3 is 2.68 bits per heavy atom. The summed E-state index contributed by atoms with van der Waals surface area (Å²) in [5, 5.41) is 4.24. The van der Waals surface area contributed by atoms with Gasteiger partial charge in [-0.15, -0.1) is 0 Å². The van der Waals surface area contributed by atoms with Crippen LogP contribution in [-0.2, 0) is 4.79 Å². The van der Waals surface area contributed by atoms with Gasteiger partial charge in [-0.3, -0.25) is 0 Å². The molecule has 10 atom stereocenters. The van der Waals surface area contributed by atoms with Crippen molar-refractivity contribution < 1.29 is 4.79 Å². The summed E-state index contributed by atoms with van der Waals surface area (Å²) < 4.78 is 0. The van der Waals surface area contributed by atoms with E-state index in [1.54, 1.807) is 6.92 Å². The van der Waals surface area contributed by atoms with Crippen LogP contribution in [0, 0.1) is 40.4 Å². The van der Waals surface area contributed by atoms with E-state index in [9.17, 15) is 4.79 Å². The Kier molecular flexibility index (Phi) is 4.40. The molecule has 1 heterocycles. The van der Waals surface area contributed by atoms with Crippen LogP contribution >= 0.6 is 0 Å². The monoisotopic (exact) mass is 386 g/mol. The standard InChI is InChI=1S/C25H42N2O/c1-15(5-6-16(2)28)19-9-12-25-22-20(8-11-24(19,25)4)23(3)10-7-18(26)13-17(23)14-21(22)27-25/h15,17-22,27H,5-14,26H2,1-4H3/t15-,17+,18-,19-,20+,21+,22+,23+,24-,25-/m1/s1. The Morgan fingerprint density at radius 2 is 1.93 bits per heavy atom. The van der Waals surface area contributed by atoms with E-state index in [0.717, 1.165) is 42.6 Å². The van der Waals surface area contributed by atoms with Gasteiger partial charge in [-0.25, -0.2) is 0 Å². The molecule has 1 aliphatic heterocycles. The van der Waals surface area contributed by atoms with Gasteiger partial charge >= 0.3 is 0 Å². The fourth-order valence-corrected chi connectivity index (χ4v) is 9.64. The highest BCUT2D eigenvalue weighted by atomic mass is 16.1. The molecule has 0 aromatic rings. The number of carbonyl (C=O) groups excluding carboxylic acids is 1. The lowest BCUT2D eigenvalue weighted by atomic mass is 9.37. The van der Waals surface area contributed by atoms with Crippen LogP contribution in [0.4, 0.5) is 0 Å². The van der Waals surface area contributed by atoms with Crippen LogP contribution in [0.2, 0.25) is 0 Å². The van der Waals surface area contributed by atoms with Crippen molar-refractivity contribution in [3.8, 4) is 0 Å². The van der Waals surface area contributed by atoms with Crippen LogP contribution in [0.25, 0.3) is 0 Å². The Morgan fingerprint density at radius 1 is 1.14 bits per heavy atom. The second-order valence-corrected chi connectivity index (χ2v) is 12.1. The molecule has 0 radical (unpaired) electrons. The van der Waals surface area contributed by atoms with Crippen LogP contribution in [0.1, 0.15) is 91.9 Å². The summed E-state index contributed by atoms with van der Waals surface area (Å²) in [4.78, 5) is 11.6. The smallest absolute Gasteiger partial charge is 0.129 e. The lowest BCUT2D eigenvalue weighted by molar-refractivity contribution is -0.210. The predicted molar refractivity (Wildman–Crippen MR) is 114 cm³/mol. The van der Waals surface area contributed by atoms with E-state index < -0.39 is 0 Å². The second kappa shape index (κ2) is 6.30. The molecule has 0 aromatic carbocycles. The minimum absolute atomic E-state index is 0.358. The first kappa shape index (κ1) is 19.5. The average Bonchev–Trinajstić information content (AvgIpc) is 2.94. The maximum absolute atomic E-state index is 11.6. The predicted octanol–water partition coefficient (Wildman–Crippen LogP) is 4.68. The van der Waals surface area contributed by atoms with E-state index in [2.05, 4.69) is 26.1 Å². The third-order valence-electron chi connectivity index (χ3n) is 11.1. The number of hydrogen-bond donors (Lipinski definition) is 2. The first-order chi connectivity index (χ1) is 13.2. The number of fused-ring (bicyclic) bond motifs is 2. The Bertz CT molecular complexity index is 663. The van der Waals surface area contributed by atoms with Crippen LogP contribution in [0.3, 0.4) is 0 Å². The largest absolute Gasteiger partial charge is 0.328 e. The van der Waals surface area contributed by atoms with Crippen LogP contribution in [0.5, 0.6) is 0 Å². The summed E-state index contributed by atoms with van der Waals surface area (Å²) in [7, 11) is 0. The molecule has 0 bridgehead atoms. The van der Waals surface area contributed by atoms with Crippen molar-refractivity contribution in [2.45, 2.75) is 110 Å². The summed E-state index contributed by atoms with van der Waals surface area (Å²) in [6, 6.07) is 1.19. The maximum Gasteiger partial charge on any atom is 0.129 e. The molecule has 3 N–H and O–H groups in total. The quantitative estimate of drug-likeness (QED) is 0.737. The van der Waals surface area contributed by atoms with Gasteiger partial charge < -0.3 is 15.8 Å². The lowest BCUT2D eigenvalue weighted by Crippen LogP contribution is -2.83. The summed E-state index contributed by atoms with van der Waals surface area (Å²) in [6.45, 7) is 9.45. The number of carbonyl (C=O) groups is 1. The van der Waals surface area contributed by atoms with Gasteiger partial charge in [-0.1, -0.05) is 20.8 Å². The van der Waals surface area contributed by atoms with Crippen molar-refractivity contribution in [1.29, 1.82) is 0 Å². The Hall–Kier alpha value is -0.410. The summed E-state index contributed by atoms with van der Waals surface area (Å²) in [5.74, 6) is 4.45. The molecule has 4 aliphatic carbocycles. The van der Waals surface area contributed by atoms with E-state index in [-0.39, 0.29) is 0 Å². The minimum Gasteiger partial charge on any atom is -0.328 e. The molecule has 5 fully saturated rings. The Balaban J connectivity index is 1.41. The molecule has 5 rings (SSSR count). The van der Waals surface area contributed by atoms with Gasteiger partial charge in [0.1, 0.15) is 5.78 Å². The molecular formula is C25H42N2O. The number of nitrogens with one attached hydrogen (secondary N) is 1. The number of rotatable bonds is 4. The highest BCUT2D eigenvalue weighted by Crippen LogP contribution is 2.73. The molecule has 1 saturated heterocycles. The summed E-state index contributed by atoms with van der Waals surface area (Å²) >= 11 is 0. The number of nitrogens with two attached hydrogens (primary N) is 1. The van der Waals surface area contributed by atoms with Gasteiger partial charge in [0.05, 0.1) is 0 Å². The highest BCUT2D eigenvalue weighted by Gasteiger charge is 2.74. The topological polar surface area (TPSA) is 55.1 Å². The first-order valence-electron chi connectivity index (χ1n) is 12.2.